The summed E-state index contributed by atoms with van der Waals surface area (Å²) in [5, 5.41) is 0. The molecule has 0 bridgehead atoms. The van der Waals surface area contributed by atoms with Crippen LogP contribution in [0, 0.1) is 0 Å². The van der Waals surface area contributed by atoms with Gasteiger partial charge in [0.2, 0.25) is 0 Å². The summed E-state index contributed by atoms with van der Waals surface area (Å²) in [5.41, 5.74) is 27.9. The molecule has 0 aromatic heterocycles. The summed E-state index contributed by atoms with van der Waals surface area (Å²) in [7, 11) is 0. The minimum absolute atomic E-state index is 0.00893. The maximum atomic E-state index is 6.84. The van der Waals surface area contributed by atoms with Crippen LogP contribution in [0.1, 0.15) is 294 Å². The molecule has 0 saturated carbocycles. The van der Waals surface area contributed by atoms with Crippen molar-refractivity contribution in [3.63, 3.8) is 0 Å². The van der Waals surface area contributed by atoms with Gasteiger partial charge in [0.25, 0.3) is 0 Å². The van der Waals surface area contributed by atoms with Crippen LogP contribution in [0.2, 0.25) is 0 Å². The number of ether oxygens (including phenoxy) is 1. The Morgan fingerprint density at radius 2 is 0.683 bits per heavy atom. The lowest BCUT2D eigenvalue weighted by molar-refractivity contribution is 0.297. The molecule has 0 unspecified atom stereocenters. The number of anilines is 3. The molecular weight excluding hydrogens is 1220 g/mol. The van der Waals surface area contributed by atoms with Crippen molar-refractivity contribution in [1.82, 2.24) is 0 Å². The molecule has 0 spiro atoms. The number of unbranched alkanes of at least 4 members (excludes halogenated alkanes) is 20. The number of para-hydroxylation sites is 1. The van der Waals surface area contributed by atoms with Crippen LogP contribution in [-0.2, 0) is 28.3 Å². The molecule has 2 aliphatic carbocycles. The highest BCUT2D eigenvalue weighted by atomic mass is 16.5. The number of hydrogen-bond acceptors (Lipinski definition) is 2. The number of hydrogen-bond donors (Lipinski definition) is 0. The van der Waals surface area contributed by atoms with Gasteiger partial charge in [-0.2, -0.15) is 0 Å². The molecule has 9 aromatic rings. The largest absolute Gasteiger partial charge is 0.489 e. The fourth-order valence-corrected chi connectivity index (χ4v) is 17.1. The van der Waals surface area contributed by atoms with Crippen molar-refractivity contribution < 1.29 is 4.74 Å². The van der Waals surface area contributed by atoms with Crippen LogP contribution in [0.25, 0.3) is 61.7 Å². The normalized spacial score (nSPS) is 13.4. The molecule has 2 heteroatoms. The van der Waals surface area contributed by atoms with Crippen molar-refractivity contribution in [3.05, 3.63) is 245 Å². The van der Waals surface area contributed by atoms with E-state index in [1.54, 1.807) is 11.1 Å². The molecular formula is C99H123NO. The zero-order valence-corrected chi connectivity index (χ0v) is 64.1. The monoisotopic (exact) mass is 1340 g/mol. The predicted octanol–water partition coefficient (Wildman–Crippen LogP) is 30.5. The molecule has 0 atom stereocenters. The van der Waals surface area contributed by atoms with Crippen LogP contribution >= 0.6 is 0 Å². The van der Waals surface area contributed by atoms with Crippen molar-refractivity contribution in [3.8, 4) is 61.4 Å². The van der Waals surface area contributed by atoms with Gasteiger partial charge in [-0.15, -0.1) is 0 Å². The van der Waals surface area contributed by atoms with Gasteiger partial charge in [0.05, 0.1) is 0 Å². The second kappa shape index (κ2) is 35.0. The summed E-state index contributed by atoms with van der Waals surface area (Å²) in [4.78, 5) is 2.45. The molecule has 0 heterocycles. The van der Waals surface area contributed by atoms with Crippen molar-refractivity contribution >= 4 is 23.1 Å². The Kier molecular flexibility index (Phi) is 25.8. The topological polar surface area (TPSA) is 12.5 Å². The van der Waals surface area contributed by atoms with Crippen LogP contribution in [0.5, 0.6) is 5.75 Å². The van der Waals surface area contributed by atoms with Crippen molar-refractivity contribution in [1.29, 1.82) is 0 Å². The first-order valence-electron chi connectivity index (χ1n) is 40.3. The molecule has 101 heavy (non-hydrogen) atoms. The average Bonchev–Trinajstić information content (AvgIpc) is 1.57. The van der Waals surface area contributed by atoms with Crippen molar-refractivity contribution in [2.45, 2.75) is 277 Å². The van der Waals surface area contributed by atoms with Gasteiger partial charge in [0.1, 0.15) is 12.4 Å². The van der Waals surface area contributed by atoms with Gasteiger partial charge in [-0.1, -0.05) is 369 Å². The number of fused-ring (bicyclic) bond motifs is 6. The lowest BCUT2D eigenvalue weighted by Gasteiger charge is -2.34. The Labute approximate surface area is 612 Å². The van der Waals surface area contributed by atoms with E-state index in [1.165, 1.54) is 245 Å². The fraction of sp³-hybridized carbons (Fsp3) is 0.434. The SMILES string of the molecule is C=Cc1ccc(COc2cc(-c3ccc4c(c3)C(CCCCCCCC)(CCCCCCCC)c3cc(-c5ccc(N(c6ccccc6)c6ccc(-c7ccc8c(c7)C(CCCCCCCC)(CCCCCCCC)c7cc(C(C)(C)C)ccc7-8)cc6)cc5)ccc3-4)ccc2C(C)(C)C)cc1. The van der Waals surface area contributed by atoms with Crippen molar-refractivity contribution in [2.24, 2.45) is 0 Å². The summed E-state index contributed by atoms with van der Waals surface area (Å²) >= 11 is 0. The highest BCUT2D eigenvalue weighted by Gasteiger charge is 2.45. The number of nitrogens with zero attached hydrogens (tertiary/aromatic N) is 1. The second-order valence-corrected chi connectivity index (χ2v) is 32.5. The molecule has 2 aliphatic rings. The molecule has 0 saturated heterocycles. The zero-order chi connectivity index (χ0) is 70.8. The van der Waals surface area contributed by atoms with Gasteiger partial charge in [-0.05, 0) is 197 Å². The third-order valence-corrected chi connectivity index (χ3v) is 23.1. The Hall–Kier alpha value is -7.68. The highest BCUT2D eigenvalue weighted by Crippen LogP contribution is 2.58. The van der Waals surface area contributed by atoms with Gasteiger partial charge >= 0.3 is 0 Å². The lowest BCUT2D eigenvalue weighted by Crippen LogP contribution is -2.26. The second-order valence-electron chi connectivity index (χ2n) is 32.5. The van der Waals surface area contributed by atoms with E-state index in [4.69, 9.17) is 4.74 Å². The predicted molar refractivity (Wildman–Crippen MR) is 440 cm³/mol. The molecule has 0 fully saturated rings. The van der Waals surface area contributed by atoms with Crippen LogP contribution < -0.4 is 9.64 Å². The Morgan fingerprint density at radius 3 is 1.08 bits per heavy atom. The minimum atomic E-state index is -0.101. The minimum Gasteiger partial charge on any atom is -0.489 e. The first kappa shape index (κ1) is 74.5. The smallest absolute Gasteiger partial charge is 0.124 e. The Balaban J connectivity index is 0.923. The maximum Gasteiger partial charge on any atom is 0.124 e. The first-order valence-corrected chi connectivity index (χ1v) is 40.3. The number of benzene rings is 9. The Bertz CT molecular complexity index is 4060. The lowest BCUT2D eigenvalue weighted by atomic mass is 9.69. The molecule has 9 aromatic carbocycles. The highest BCUT2D eigenvalue weighted by molar-refractivity contribution is 5.88. The molecule has 0 amide bonds. The van der Waals surface area contributed by atoms with E-state index in [-0.39, 0.29) is 21.7 Å². The van der Waals surface area contributed by atoms with E-state index in [0.29, 0.717) is 6.61 Å². The van der Waals surface area contributed by atoms with Crippen LogP contribution in [0.15, 0.2) is 201 Å². The van der Waals surface area contributed by atoms with Gasteiger partial charge < -0.3 is 9.64 Å². The molecule has 0 N–H and O–H groups in total. The number of rotatable bonds is 38. The van der Waals surface area contributed by atoms with E-state index in [2.05, 4.69) is 275 Å². The van der Waals surface area contributed by atoms with Gasteiger partial charge in [0.15, 0.2) is 0 Å². The quantitative estimate of drug-likeness (QED) is 0.0358. The van der Waals surface area contributed by atoms with E-state index < -0.39 is 0 Å². The molecule has 0 aliphatic heterocycles. The standard InChI is InChI=1S/C99H123NO/c1-12-17-21-25-29-36-64-98(65-37-30-26-22-18-13-2)91-68-78(50-59-86(91)87-61-52-80(70-93(87)98)81-53-63-90(97(9,10)11)95(71-81)101-73-75-44-42-74(16-5)43-45-75)76-46-55-84(56-47-76)100(83-40-34-33-35-41-83)85-57-48-77(49-58-85)79-51-60-88-89-62-54-82(96(6,7)8)72-94(89)99(92(88)69-79,66-38-31-27-23-19-14-3)67-39-32-28-24-20-15-4/h16,33-35,40-63,68-72H,5,12-15,17-32,36-39,64-67,73H2,1-4,6-11H3. The third kappa shape index (κ3) is 17.7. The third-order valence-electron chi connectivity index (χ3n) is 23.1. The van der Waals surface area contributed by atoms with Crippen molar-refractivity contribution in [2.75, 3.05) is 4.90 Å². The summed E-state index contributed by atoms with van der Waals surface area (Å²) in [6, 6.07) is 75.7. The molecule has 0 radical (unpaired) electrons. The maximum absolute atomic E-state index is 6.84. The summed E-state index contributed by atoms with van der Waals surface area (Å²) in [6.07, 6.45) is 37.9. The van der Waals surface area contributed by atoms with Crippen LogP contribution in [0.3, 0.4) is 0 Å². The average molecular weight is 1340 g/mol. The summed E-state index contributed by atoms with van der Waals surface area (Å²) in [5.74, 6) is 0.961. The van der Waals surface area contributed by atoms with E-state index in [0.717, 1.165) is 46.8 Å². The van der Waals surface area contributed by atoms with Gasteiger partial charge in [-0.25, -0.2) is 0 Å². The summed E-state index contributed by atoms with van der Waals surface area (Å²) < 4.78 is 6.84. The van der Waals surface area contributed by atoms with E-state index in [9.17, 15) is 0 Å². The Morgan fingerprint density at radius 1 is 0.337 bits per heavy atom. The van der Waals surface area contributed by atoms with E-state index in [1.807, 2.05) is 6.08 Å². The zero-order valence-electron chi connectivity index (χ0n) is 64.1. The molecule has 11 rings (SSSR count). The molecule has 530 valence electrons. The van der Waals surface area contributed by atoms with Gasteiger partial charge in [-0.3, -0.25) is 0 Å². The first-order chi connectivity index (χ1) is 49.1. The summed E-state index contributed by atoms with van der Waals surface area (Å²) in [6.45, 7) is 27.9. The molecule has 2 nitrogen and oxygen atoms in total. The van der Waals surface area contributed by atoms with E-state index >= 15 is 0 Å². The van der Waals surface area contributed by atoms with Crippen LogP contribution in [0.4, 0.5) is 17.1 Å². The fourth-order valence-electron chi connectivity index (χ4n) is 17.1. The van der Waals surface area contributed by atoms with Crippen LogP contribution in [-0.4, -0.2) is 0 Å². The van der Waals surface area contributed by atoms with Gasteiger partial charge in [0, 0.05) is 27.9 Å².